The summed E-state index contributed by atoms with van der Waals surface area (Å²) in [6, 6.07) is 4.25. The standard InChI is InChI=1S/C21H24F3N5O4/c1-31-16-12-13(17(21(22,23)24)29-6-9-32-10-7-29)2-3-15(16)26-20-27-18-14(4-5-25-18)19(28-20)33-11-8-30/h2-5,12,17,30H,6-11H2,1H3,(H2,25,26,27,28). The summed E-state index contributed by atoms with van der Waals surface area (Å²) >= 11 is 0. The van der Waals surface area contributed by atoms with Crippen LogP contribution in [0.3, 0.4) is 0 Å². The molecular formula is C21H24F3N5O4. The SMILES string of the molecule is COc1cc(C(N2CCOCC2)C(F)(F)F)ccc1Nc1nc(OCCO)c2cc[nH]c2n1. The van der Waals surface area contributed by atoms with Crippen LogP contribution >= 0.6 is 0 Å². The second-order valence-corrected chi connectivity index (χ2v) is 7.34. The van der Waals surface area contributed by atoms with Gasteiger partial charge in [0.15, 0.2) is 0 Å². The van der Waals surface area contributed by atoms with Crippen LogP contribution in [0.15, 0.2) is 30.5 Å². The minimum Gasteiger partial charge on any atom is -0.495 e. The van der Waals surface area contributed by atoms with E-state index in [0.717, 1.165) is 0 Å². The highest BCUT2D eigenvalue weighted by Crippen LogP contribution is 2.41. The summed E-state index contributed by atoms with van der Waals surface area (Å²) in [5, 5.41) is 12.7. The molecule has 33 heavy (non-hydrogen) atoms. The Morgan fingerprint density at radius 2 is 2.03 bits per heavy atom. The number of halogens is 3. The molecule has 0 saturated carbocycles. The minimum absolute atomic E-state index is 0.0507. The fourth-order valence-electron chi connectivity index (χ4n) is 3.77. The Labute approximate surface area is 187 Å². The van der Waals surface area contributed by atoms with Gasteiger partial charge in [-0.1, -0.05) is 6.07 Å². The number of aliphatic hydroxyl groups is 1. The molecule has 3 aromatic rings. The number of hydrogen-bond acceptors (Lipinski definition) is 8. The molecule has 0 amide bonds. The molecule has 0 spiro atoms. The lowest BCUT2D eigenvalue weighted by Gasteiger charge is -2.36. The zero-order valence-corrected chi connectivity index (χ0v) is 17.9. The number of alkyl halides is 3. The van der Waals surface area contributed by atoms with E-state index in [9.17, 15) is 13.2 Å². The number of aromatic amines is 1. The summed E-state index contributed by atoms with van der Waals surface area (Å²) in [5.74, 6) is 0.630. The van der Waals surface area contributed by atoms with Gasteiger partial charge in [-0.05, 0) is 23.8 Å². The first-order valence-electron chi connectivity index (χ1n) is 10.3. The number of aliphatic hydroxyl groups excluding tert-OH is 1. The van der Waals surface area contributed by atoms with E-state index in [2.05, 4.69) is 20.3 Å². The number of anilines is 2. The predicted octanol–water partition coefficient (Wildman–Crippen LogP) is 3.02. The summed E-state index contributed by atoms with van der Waals surface area (Å²) in [5.41, 5.74) is 0.961. The third kappa shape index (κ3) is 5.13. The van der Waals surface area contributed by atoms with Crippen LogP contribution in [-0.2, 0) is 4.74 Å². The highest BCUT2D eigenvalue weighted by atomic mass is 19.4. The number of rotatable bonds is 8. The van der Waals surface area contributed by atoms with Crippen molar-refractivity contribution in [3.8, 4) is 11.6 Å². The number of H-pyrrole nitrogens is 1. The highest BCUT2D eigenvalue weighted by molar-refractivity contribution is 5.82. The van der Waals surface area contributed by atoms with Crippen molar-refractivity contribution >= 4 is 22.7 Å². The van der Waals surface area contributed by atoms with E-state index >= 15 is 0 Å². The maximum absolute atomic E-state index is 13.9. The Morgan fingerprint density at radius 3 is 2.73 bits per heavy atom. The van der Waals surface area contributed by atoms with E-state index in [4.69, 9.17) is 19.3 Å². The molecule has 3 heterocycles. The molecule has 0 radical (unpaired) electrons. The molecule has 1 fully saturated rings. The Bertz CT molecular complexity index is 1090. The molecule has 12 heteroatoms. The van der Waals surface area contributed by atoms with Crippen LogP contribution in [0.25, 0.3) is 11.0 Å². The lowest BCUT2D eigenvalue weighted by molar-refractivity contribution is -0.194. The Kier molecular flexibility index (Phi) is 6.86. The lowest BCUT2D eigenvalue weighted by Crippen LogP contribution is -2.44. The van der Waals surface area contributed by atoms with Gasteiger partial charge in [0.1, 0.15) is 24.0 Å². The maximum Gasteiger partial charge on any atom is 0.408 e. The number of methoxy groups -OCH3 is 1. The molecule has 9 nitrogen and oxygen atoms in total. The van der Waals surface area contributed by atoms with Crippen LogP contribution in [0, 0.1) is 0 Å². The number of nitrogens with one attached hydrogen (secondary N) is 2. The number of hydrogen-bond donors (Lipinski definition) is 3. The quantitative estimate of drug-likeness (QED) is 0.465. The molecule has 4 rings (SSSR count). The second kappa shape index (κ2) is 9.81. The van der Waals surface area contributed by atoms with E-state index in [0.29, 0.717) is 16.7 Å². The Hall–Kier alpha value is -3.09. The van der Waals surface area contributed by atoms with E-state index < -0.39 is 12.2 Å². The van der Waals surface area contributed by atoms with Gasteiger partial charge in [-0.25, -0.2) is 0 Å². The average Bonchev–Trinajstić information content (AvgIpc) is 3.27. The first-order valence-corrected chi connectivity index (χ1v) is 10.3. The van der Waals surface area contributed by atoms with Crippen LogP contribution in [-0.4, -0.2) is 77.8 Å². The van der Waals surface area contributed by atoms with Crippen LogP contribution < -0.4 is 14.8 Å². The fraction of sp³-hybridized carbons (Fsp3) is 0.429. The van der Waals surface area contributed by atoms with Crippen LogP contribution in [0.5, 0.6) is 11.6 Å². The average molecular weight is 467 g/mol. The van der Waals surface area contributed by atoms with E-state index in [1.807, 2.05) is 0 Å². The van der Waals surface area contributed by atoms with Gasteiger partial charge in [-0.2, -0.15) is 23.1 Å². The molecule has 1 unspecified atom stereocenters. The molecule has 2 aromatic heterocycles. The number of ether oxygens (including phenoxy) is 3. The Balaban J connectivity index is 1.64. The van der Waals surface area contributed by atoms with Gasteiger partial charge in [0.05, 0.1) is 38.0 Å². The van der Waals surface area contributed by atoms with Crippen molar-refractivity contribution in [1.82, 2.24) is 19.9 Å². The highest BCUT2D eigenvalue weighted by Gasteiger charge is 2.45. The molecule has 1 aliphatic rings. The minimum atomic E-state index is -4.46. The predicted molar refractivity (Wildman–Crippen MR) is 114 cm³/mol. The van der Waals surface area contributed by atoms with Crippen molar-refractivity contribution in [2.24, 2.45) is 0 Å². The van der Waals surface area contributed by atoms with Gasteiger partial charge < -0.3 is 29.6 Å². The van der Waals surface area contributed by atoms with Crippen LogP contribution in [0.4, 0.5) is 24.8 Å². The molecular weight excluding hydrogens is 443 g/mol. The molecule has 1 saturated heterocycles. The summed E-state index contributed by atoms with van der Waals surface area (Å²) in [4.78, 5) is 13.0. The van der Waals surface area contributed by atoms with Crippen molar-refractivity contribution in [1.29, 1.82) is 0 Å². The molecule has 0 aliphatic carbocycles. The largest absolute Gasteiger partial charge is 0.495 e. The summed E-state index contributed by atoms with van der Waals surface area (Å²) < 4.78 is 57.9. The van der Waals surface area contributed by atoms with Gasteiger partial charge in [0, 0.05) is 19.3 Å². The third-order valence-corrected chi connectivity index (χ3v) is 5.22. The van der Waals surface area contributed by atoms with Crippen LogP contribution in [0.1, 0.15) is 11.6 Å². The monoisotopic (exact) mass is 467 g/mol. The van der Waals surface area contributed by atoms with E-state index in [-0.39, 0.29) is 62.7 Å². The molecule has 1 aliphatic heterocycles. The first kappa shape index (κ1) is 23.1. The van der Waals surface area contributed by atoms with Crippen molar-refractivity contribution in [3.05, 3.63) is 36.0 Å². The zero-order chi connectivity index (χ0) is 23.4. The number of benzene rings is 1. The van der Waals surface area contributed by atoms with Crippen molar-refractivity contribution in [3.63, 3.8) is 0 Å². The summed E-state index contributed by atoms with van der Waals surface area (Å²) in [6.07, 6.45) is -2.79. The first-order chi connectivity index (χ1) is 15.9. The second-order valence-electron chi connectivity index (χ2n) is 7.34. The summed E-state index contributed by atoms with van der Waals surface area (Å²) in [6.45, 7) is 0.748. The third-order valence-electron chi connectivity index (χ3n) is 5.22. The van der Waals surface area contributed by atoms with E-state index in [1.165, 1.54) is 30.2 Å². The number of aromatic nitrogens is 3. The zero-order valence-electron chi connectivity index (χ0n) is 17.9. The molecule has 1 aromatic carbocycles. The fourth-order valence-corrected chi connectivity index (χ4v) is 3.77. The Morgan fingerprint density at radius 1 is 1.24 bits per heavy atom. The van der Waals surface area contributed by atoms with Gasteiger partial charge in [0.25, 0.3) is 0 Å². The van der Waals surface area contributed by atoms with Crippen molar-refractivity contribution in [2.45, 2.75) is 12.2 Å². The van der Waals surface area contributed by atoms with Crippen molar-refractivity contribution in [2.75, 3.05) is 51.9 Å². The maximum atomic E-state index is 13.9. The smallest absolute Gasteiger partial charge is 0.408 e. The lowest BCUT2D eigenvalue weighted by atomic mass is 10.0. The summed E-state index contributed by atoms with van der Waals surface area (Å²) in [7, 11) is 1.38. The number of nitrogens with zero attached hydrogens (tertiary/aromatic N) is 3. The number of fused-ring (bicyclic) bond motifs is 1. The van der Waals surface area contributed by atoms with E-state index in [1.54, 1.807) is 12.3 Å². The normalized spacial score (nSPS) is 16.0. The van der Waals surface area contributed by atoms with Gasteiger partial charge in [-0.3, -0.25) is 4.90 Å². The number of morpholine rings is 1. The van der Waals surface area contributed by atoms with Gasteiger partial charge >= 0.3 is 6.18 Å². The topological polar surface area (TPSA) is 105 Å². The van der Waals surface area contributed by atoms with Gasteiger partial charge in [-0.15, -0.1) is 0 Å². The molecule has 1 atom stereocenters. The van der Waals surface area contributed by atoms with Crippen molar-refractivity contribution < 1.29 is 32.5 Å². The molecule has 0 bridgehead atoms. The molecule has 3 N–H and O–H groups in total. The van der Waals surface area contributed by atoms with Gasteiger partial charge in [0.2, 0.25) is 11.8 Å². The molecule has 178 valence electrons. The van der Waals surface area contributed by atoms with Crippen LogP contribution in [0.2, 0.25) is 0 Å².